The van der Waals surface area contributed by atoms with E-state index < -0.39 is 11.1 Å². The number of aromatic nitrogens is 2. The molecule has 5 nitrogen and oxygen atoms in total. The summed E-state index contributed by atoms with van der Waals surface area (Å²) in [6.07, 6.45) is 5.89. The van der Waals surface area contributed by atoms with Crippen LogP contribution in [0.2, 0.25) is 0 Å². The molecule has 0 spiro atoms. The van der Waals surface area contributed by atoms with E-state index in [0.717, 1.165) is 23.7 Å². The average molecular weight is 342 g/mol. The van der Waals surface area contributed by atoms with Gasteiger partial charge in [0.15, 0.2) is 5.82 Å². The summed E-state index contributed by atoms with van der Waals surface area (Å²) in [5, 5.41) is 0. The van der Waals surface area contributed by atoms with Crippen LogP contribution in [0.1, 0.15) is 45.9 Å². The Morgan fingerprint density at radius 1 is 1.35 bits per heavy atom. The normalized spacial score (nSPS) is 17.2. The van der Waals surface area contributed by atoms with E-state index in [1.54, 1.807) is 24.3 Å². The molecule has 1 aliphatic carbocycles. The number of carbonyl (C=O) groups is 1. The summed E-state index contributed by atoms with van der Waals surface area (Å²) in [5.74, 6) is 0.681. The van der Waals surface area contributed by atoms with Gasteiger partial charge in [-0.3, -0.25) is 4.90 Å². The largest absolute Gasteiger partial charge is 0.444 e. The number of carbonyl (C=O) groups excluding carboxylic acids is 1. The molecule has 1 heterocycles. The fourth-order valence-corrected chi connectivity index (χ4v) is 2.48. The van der Waals surface area contributed by atoms with Gasteiger partial charge >= 0.3 is 6.09 Å². The van der Waals surface area contributed by atoms with Crippen LogP contribution in [-0.2, 0) is 10.3 Å². The summed E-state index contributed by atoms with van der Waals surface area (Å²) in [6.45, 7) is 5.59. The highest BCUT2D eigenvalue weighted by Gasteiger charge is 2.48. The summed E-state index contributed by atoms with van der Waals surface area (Å²) in [4.78, 5) is 22.7. The first kappa shape index (κ1) is 15.2. The van der Waals surface area contributed by atoms with Crippen molar-refractivity contribution in [3.05, 3.63) is 22.7 Å². The quantitative estimate of drug-likeness (QED) is 0.826. The Morgan fingerprint density at radius 3 is 2.30 bits per heavy atom. The van der Waals surface area contributed by atoms with E-state index in [-0.39, 0.29) is 6.09 Å². The molecule has 6 heteroatoms. The maximum Gasteiger partial charge on any atom is 0.410 e. The van der Waals surface area contributed by atoms with Crippen molar-refractivity contribution in [2.45, 2.75) is 51.2 Å². The van der Waals surface area contributed by atoms with Gasteiger partial charge in [-0.15, -0.1) is 0 Å². The lowest BCUT2D eigenvalue weighted by Crippen LogP contribution is -2.53. The summed E-state index contributed by atoms with van der Waals surface area (Å²) < 4.78 is 6.28. The van der Waals surface area contributed by atoms with Crippen molar-refractivity contribution >= 4 is 22.0 Å². The minimum atomic E-state index is -0.503. The van der Waals surface area contributed by atoms with E-state index in [1.807, 2.05) is 20.8 Å². The highest BCUT2D eigenvalue weighted by molar-refractivity contribution is 9.10. The van der Waals surface area contributed by atoms with Crippen LogP contribution in [0.4, 0.5) is 4.79 Å². The minimum absolute atomic E-state index is 0.330. The molecule has 0 radical (unpaired) electrons. The minimum Gasteiger partial charge on any atom is -0.444 e. The number of halogens is 1. The number of rotatable bonds is 2. The molecule has 0 aromatic carbocycles. The van der Waals surface area contributed by atoms with Gasteiger partial charge in [0.1, 0.15) is 11.1 Å². The first-order valence-corrected chi connectivity index (χ1v) is 7.49. The maximum atomic E-state index is 12.3. The van der Waals surface area contributed by atoms with Gasteiger partial charge < -0.3 is 4.74 Å². The maximum absolute atomic E-state index is 12.3. The number of hydrogen-bond acceptors (Lipinski definition) is 4. The van der Waals surface area contributed by atoms with Gasteiger partial charge in [0.25, 0.3) is 0 Å². The zero-order valence-corrected chi connectivity index (χ0v) is 13.9. The van der Waals surface area contributed by atoms with Crippen LogP contribution in [0.5, 0.6) is 0 Å². The van der Waals surface area contributed by atoms with Gasteiger partial charge in [0.05, 0.1) is 4.47 Å². The second-order valence-corrected chi connectivity index (χ2v) is 7.07. The van der Waals surface area contributed by atoms with Crippen LogP contribution in [0, 0.1) is 0 Å². The summed E-state index contributed by atoms with van der Waals surface area (Å²) >= 11 is 3.33. The fraction of sp³-hybridized carbons (Fsp3) is 0.643. The SMILES string of the molecule is CN(C(=O)OC(C)(C)C)C1(c2ncc(Br)cn2)CCC1. The monoisotopic (exact) mass is 341 g/mol. The third-order valence-electron chi connectivity index (χ3n) is 3.53. The molecule has 1 aliphatic rings. The Balaban J connectivity index is 2.22. The lowest BCUT2D eigenvalue weighted by molar-refractivity contribution is -0.0216. The lowest BCUT2D eigenvalue weighted by Gasteiger charge is -2.47. The van der Waals surface area contributed by atoms with Crippen molar-refractivity contribution in [1.29, 1.82) is 0 Å². The summed E-state index contributed by atoms with van der Waals surface area (Å²) in [7, 11) is 1.76. The van der Waals surface area contributed by atoms with Crippen LogP contribution in [0.15, 0.2) is 16.9 Å². The number of amides is 1. The average Bonchev–Trinajstić information content (AvgIpc) is 2.27. The highest BCUT2D eigenvalue weighted by atomic mass is 79.9. The zero-order valence-electron chi connectivity index (χ0n) is 12.3. The van der Waals surface area contributed by atoms with Crippen LogP contribution >= 0.6 is 15.9 Å². The highest BCUT2D eigenvalue weighted by Crippen LogP contribution is 2.44. The van der Waals surface area contributed by atoms with E-state index in [1.165, 1.54) is 0 Å². The summed E-state index contributed by atoms with van der Waals surface area (Å²) in [5.41, 5.74) is -0.931. The molecule has 0 N–H and O–H groups in total. The van der Waals surface area contributed by atoms with Gasteiger partial charge in [-0.1, -0.05) is 0 Å². The molecular weight excluding hydrogens is 322 g/mol. The molecule has 1 saturated carbocycles. The molecule has 0 unspecified atom stereocenters. The van der Waals surface area contributed by atoms with E-state index in [2.05, 4.69) is 25.9 Å². The lowest BCUT2D eigenvalue weighted by atomic mass is 9.75. The number of hydrogen-bond donors (Lipinski definition) is 0. The molecule has 1 amide bonds. The smallest absolute Gasteiger partial charge is 0.410 e. The second-order valence-electron chi connectivity index (χ2n) is 6.15. The Bertz CT molecular complexity index is 492. The van der Waals surface area contributed by atoms with Crippen molar-refractivity contribution in [3.63, 3.8) is 0 Å². The van der Waals surface area contributed by atoms with Crippen LogP contribution in [0.25, 0.3) is 0 Å². The Labute approximate surface area is 127 Å². The van der Waals surface area contributed by atoms with Gasteiger partial charge in [0.2, 0.25) is 0 Å². The molecule has 0 bridgehead atoms. The zero-order chi connectivity index (χ0) is 15.0. The van der Waals surface area contributed by atoms with E-state index in [0.29, 0.717) is 5.82 Å². The first-order chi connectivity index (χ1) is 9.24. The Kier molecular flexibility index (Phi) is 4.04. The van der Waals surface area contributed by atoms with Crippen LogP contribution < -0.4 is 0 Å². The van der Waals surface area contributed by atoms with Crippen molar-refractivity contribution in [2.24, 2.45) is 0 Å². The second kappa shape index (κ2) is 5.31. The van der Waals surface area contributed by atoms with Crippen molar-refractivity contribution in [3.8, 4) is 0 Å². The molecule has 0 atom stereocenters. The molecule has 1 fully saturated rings. The molecule has 20 heavy (non-hydrogen) atoms. The van der Waals surface area contributed by atoms with Gasteiger partial charge in [0, 0.05) is 19.4 Å². The predicted octanol–water partition coefficient (Wildman–Crippen LogP) is 3.49. The topological polar surface area (TPSA) is 55.3 Å². The third kappa shape index (κ3) is 2.95. The standard InChI is InChI=1S/C14H20BrN3O2/c1-13(2,3)20-12(19)18(4)14(6-5-7-14)11-16-8-10(15)9-17-11/h8-9H,5-7H2,1-4H3. The van der Waals surface area contributed by atoms with Crippen molar-refractivity contribution < 1.29 is 9.53 Å². The van der Waals surface area contributed by atoms with Crippen LogP contribution in [0.3, 0.4) is 0 Å². The number of ether oxygens (including phenoxy) is 1. The molecule has 1 aromatic heterocycles. The predicted molar refractivity (Wildman–Crippen MR) is 79.3 cm³/mol. The number of nitrogens with zero attached hydrogens (tertiary/aromatic N) is 3. The molecular formula is C14H20BrN3O2. The van der Waals surface area contributed by atoms with Gasteiger partial charge in [-0.05, 0) is 56.0 Å². The van der Waals surface area contributed by atoms with Gasteiger partial charge in [-0.25, -0.2) is 14.8 Å². The molecule has 110 valence electrons. The molecule has 1 aromatic rings. The fourth-order valence-electron chi connectivity index (χ4n) is 2.28. The molecule has 2 rings (SSSR count). The van der Waals surface area contributed by atoms with Crippen molar-refractivity contribution in [2.75, 3.05) is 7.05 Å². The Morgan fingerprint density at radius 2 is 1.90 bits per heavy atom. The van der Waals surface area contributed by atoms with E-state index in [4.69, 9.17) is 4.74 Å². The molecule has 0 aliphatic heterocycles. The van der Waals surface area contributed by atoms with Crippen molar-refractivity contribution in [1.82, 2.24) is 14.9 Å². The molecule has 0 saturated heterocycles. The Hall–Kier alpha value is -1.17. The first-order valence-electron chi connectivity index (χ1n) is 6.69. The third-order valence-corrected chi connectivity index (χ3v) is 3.94. The summed E-state index contributed by atoms with van der Waals surface area (Å²) in [6, 6.07) is 0. The van der Waals surface area contributed by atoms with E-state index in [9.17, 15) is 4.79 Å². The van der Waals surface area contributed by atoms with Crippen LogP contribution in [-0.4, -0.2) is 33.6 Å². The van der Waals surface area contributed by atoms with E-state index >= 15 is 0 Å². The van der Waals surface area contributed by atoms with Gasteiger partial charge in [-0.2, -0.15) is 0 Å².